The van der Waals surface area contributed by atoms with Gasteiger partial charge < -0.3 is 35.7 Å². The molecule has 0 aliphatic carbocycles. The van der Waals surface area contributed by atoms with Crippen molar-refractivity contribution < 1.29 is 40.5 Å². The smallest absolute Gasteiger partial charge is 0.421 e. The van der Waals surface area contributed by atoms with Crippen LogP contribution in [0.3, 0.4) is 0 Å². The molecule has 0 aromatic heterocycles. The van der Waals surface area contributed by atoms with Crippen molar-refractivity contribution in [3.63, 3.8) is 0 Å². The zero-order valence-electron chi connectivity index (χ0n) is 7.49. The molecular formula is C7H7NO8. The second-order valence-corrected chi connectivity index (χ2v) is 2.66. The number of carbonyl (C=O) groups is 1. The average molecular weight is 233 g/mol. The molecule has 88 valence electrons. The summed E-state index contributed by atoms with van der Waals surface area (Å²) >= 11 is 0. The van der Waals surface area contributed by atoms with E-state index < -0.39 is 40.9 Å². The van der Waals surface area contributed by atoms with E-state index in [0.29, 0.717) is 0 Å². The fourth-order valence-corrected chi connectivity index (χ4v) is 0.929. The summed E-state index contributed by atoms with van der Waals surface area (Å²) in [6, 6.07) is 0. The fraction of sp³-hybridized carbons (Fsp3) is 0. The second-order valence-electron chi connectivity index (χ2n) is 2.66. The van der Waals surface area contributed by atoms with Gasteiger partial charge in [0.05, 0.1) is 0 Å². The summed E-state index contributed by atoms with van der Waals surface area (Å²) in [7, 11) is 0. The molecule has 0 atom stereocenters. The first kappa shape index (κ1) is 11.4. The summed E-state index contributed by atoms with van der Waals surface area (Å²) in [6.07, 6.45) is -1.96. The summed E-state index contributed by atoms with van der Waals surface area (Å²) in [4.78, 5) is 10.2. The second kappa shape index (κ2) is 3.46. The highest BCUT2D eigenvalue weighted by molar-refractivity contribution is 5.70. The minimum atomic E-state index is -1.96. The lowest BCUT2D eigenvalue weighted by molar-refractivity contribution is 0.106. The van der Waals surface area contributed by atoms with E-state index in [0.717, 1.165) is 0 Å². The largest absolute Gasteiger partial charge is 0.501 e. The maximum absolute atomic E-state index is 10.6. The summed E-state index contributed by atoms with van der Waals surface area (Å²) < 4.78 is 0. The number of nitrogens with zero attached hydrogens (tertiary/aromatic N) is 1. The number of hydrogen-bond acceptors (Lipinski definition) is 7. The quantitative estimate of drug-likeness (QED) is 0.324. The first-order valence-corrected chi connectivity index (χ1v) is 3.69. The lowest BCUT2D eigenvalue weighted by Crippen LogP contribution is -2.29. The van der Waals surface area contributed by atoms with E-state index >= 15 is 0 Å². The Labute approximate surface area is 87.3 Å². The van der Waals surface area contributed by atoms with E-state index in [1.807, 2.05) is 0 Å². The topological polar surface area (TPSA) is 162 Å². The molecule has 0 fully saturated rings. The molecule has 1 aliphatic heterocycles. The summed E-state index contributed by atoms with van der Waals surface area (Å²) in [5.74, 6) is -8.56. The third kappa shape index (κ3) is 1.39. The maximum Gasteiger partial charge on any atom is 0.421 e. The molecule has 16 heavy (non-hydrogen) atoms. The summed E-state index contributed by atoms with van der Waals surface area (Å²) in [6.45, 7) is 0. The maximum atomic E-state index is 10.6. The molecular weight excluding hydrogens is 226 g/mol. The highest BCUT2D eigenvalue weighted by Crippen LogP contribution is 2.26. The van der Waals surface area contributed by atoms with Crippen LogP contribution in [0.2, 0.25) is 0 Å². The number of rotatable bonds is 0. The number of hydrogen-bond donors (Lipinski definition) is 7. The van der Waals surface area contributed by atoms with Gasteiger partial charge in [0.2, 0.25) is 23.0 Å². The Kier molecular flexibility index (Phi) is 2.45. The summed E-state index contributed by atoms with van der Waals surface area (Å²) in [5.41, 5.74) is 0. The van der Waals surface area contributed by atoms with Crippen molar-refractivity contribution in [3.05, 3.63) is 34.8 Å². The fourth-order valence-electron chi connectivity index (χ4n) is 0.929. The van der Waals surface area contributed by atoms with Crippen molar-refractivity contribution in [2.45, 2.75) is 0 Å². The number of aliphatic hydroxyl groups is 6. The van der Waals surface area contributed by atoms with Gasteiger partial charge in [-0.15, -0.1) is 0 Å². The van der Waals surface area contributed by atoms with E-state index in [-0.39, 0.29) is 4.90 Å². The highest BCUT2D eigenvalue weighted by atomic mass is 16.4. The number of aliphatic hydroxyl groups excluding tert-OH is 6. The molecule has 0 spiro atoms. The first-order chi connectivity index (χ1) is 7.29. The van der Waals surface area contributed by atoms with Crippen molar-refractivity contribution in [3.8, 4) is 0 Å². The van der Waals surface area contributed by atoms with Crippen LogP contribution in [0, 0.1) is 0 Å². The predicted molar refractivity (Wildman–Crippen MR) is 46.7 cm³/mol. The van der Waals surface area contributed by atoms with Crippen LogP contribution in [0.1, 0.15) is 0 Å². The standard InChI is InChI=1S/C7H7NO8/c9-1-2(10)4(12)6(14)8(7(15)16)5(13)3(1)11/h9-14H,(H,15,16). The Morgan fingerprint density at radius 2 is 1.06 bits per heavy atom. The SMILES string of the molecule is O=C(O)N1C(O)=C(O)C(O)=C(O)C(O)=C1O. The van der Waals surface area contributed by atoms with Crippen LogP contribution in [0.4, 0.5) is 4.79 Å². The van der Waals surface area contributed by atoms with Crippen molar-refractivity contribution in [1.82, 2.24) is 4.90 Å². The molecule has 0 saturated heterocycles. The molecule has 0 unspecified atom stereocenters. The zero-order valence-corrected chi connectivity index (χ0v) is 7.49. The van der Waals surface area contributed by atoms with Crippen LogP contribution in [-0.2, 0) is 0 Å². The Hall–Kier alpha value is -2.71. The highest BCUT2D eigenvalue weighted by Gasteiger charge is 2.35. The van der Waals surface area contributed by atoms with Crippen molar-refractivity contribution >= 4 is 6.09 Å². The lowest BCUT2D eigenvalue weighted by Gasteiger charge is -2.15. The Balaban J connectivity index is 3.56. The molecule has 7 N–H and O–H groups in total. The minimum absolute atomic E-state index is 0.343. The van der Waals surface area contributed by atoms with Gasteiger partial charge in [-0.25, -0.2) is 4.79 Å². The zero-order chi connectivity index (χ0) is 12.6. The molecule has 1 heterocycles. The van der Waals surface area contributed by atoms with Gasteiger partial charge in [0, 0.05) is 0 Å². The van der Waals surface area contributed by atoms with Crippen LogP contribution in [0.15, 0.2) is 34.8 Å². The Bertz CT molecular complexity index is 411. The van der Waals surface area contributed by atoms with E-state index in [9.17, 15) is 4.79 Å². The molecule has 1 amide bonds. The molecule has 0 aromatic carbocycles. The van der Waals surface area contributed by atoms with Crippen LogP contribution >= 0.6 is 0 Å². The van der Waals surface area contributed by atoms with Gasteiger partial charge in [0.25, 0.3) is 11.8 Å². The number of carboxylic acid groups (broad SMARTS) is 1. The minimum Gasteiger partial charge on any atom is -0.501 e. The Morgan fingerprint density at radius 3 is 1.31 bits per heavy atom. The molecule has 0 saturated carbocycles. The van der Waals surface area contributed by atoms with Gasteiger partial charge in [-0.1, -0.05) is 0 Å². The molecule has 9 heteroatoms. The Morgan fingerprint density at radius 1 is 0.750 bits per heavy atom. The third-order valence-corrected chi connectivity index (χ3v) is 1.71. The van der Waals surface area contributed by atoms with E-state index in [4.69, 9.17) is 35.7 Å². The van der Waals surface area contributed by atoms with Crippen LogP contribution in [-0.4, -0.2) is 46.7 Å². The monoisotopic (exact) mass is 233 g/mol. The van der Waals surface area contributed by atoms with Gasteiger partial charge in [0.15, 0.2) is 0 Å². The van der Waals surface area contributed by atoms with Gasteiger partial charge in [-0.05, 0) is 0 Å². The van der Waals surface area contributed by atoms with Crippen molar-refractivity contribution in [2.75, 3.05) is 0 Å². The van der Waals surface area contributed by atoms with Crippen LogP contribution in [0.5, 0.6) is 0 Å². The third-order valence-electron chi connectivity index (χ3n) is 1.71. The molecule has 1 aliphatic rings. The van der Waals surface area contributed by atoms with Crippen LogP contribution < -0.4 is 0 Å². The molecule has 9 nitrogen and oxygen atoms in total. The average Bonchev–Trinajstić information content (AvgIpc) is 2.27. The van der Waals surface area contributed by atoms with E-state index in [1.54, 1.807) is 0 Å². The van der Waals surface area contributed by atoms with Gasteiger partial charge in [-0.3, -0.25) is 0 Å². The van der Waals surface area contributed by atoms with E-state index in [2.05, 4.69) is 0 Å². The normalized spacial score (nSPS) is 17.9. The van der Waals surface area contributed by atoms with Gasteiger partial charge in [0.1, 0.15) is 0 Å². The molecule has 0 aromatic rings. The van der Waals surface area contributed by atoms with Gasteiger partial charge >= 0.3 is 6.09 Å². The predicted octanol–water partition coefficient (Wildman–Crippen LogP) is 0.878. The lowest BCUT2D eigenvalue weighted by atomic mass is 10.3. The summed E-state index contributed by atoms with van der Waals surface area (Å²) in [5, 5.41) is 63.0. The van der Waals surface area contributed by atoms with Crippen molar-refractivity contribution in [1.29, 1.82) is 0 Å². The van der Waals surface area contributed by atoms with E-state index in [1.165, 1.54) is 0 Å². The molecule has 1 rings (SSSR count). The van der Waals surface area contributed by atoms with Gasteiger partial charge in [-0.2, -0.15) is 4.90 Å². The molecule has 0 radical (unpaired) electrons. The first-order valence-electron chi connectivity index (χ1n) is 3.69. The van der Waals surface area contributed by atoms with Crippen molar-refractivity contribution in [2.24, 2.45) is 0 Å². The molecule has 0 bridgehead atoms. The number of amides is 1. The van der Waals surface area contributed by atoms with Crippen LogP contribution in [0.25, 0.3) is 0 Å².